The van der Waals surface area contributed by atoms with Gasteiger partial charge in [-0.15, -0.1) is 0 Å². The first-order chi connectivity index (χ1) is 7.49. The molecule has 0 bridgehead atoms. The molecule has 0 unspecified atom stereocenters. The number of hydrogen-bond donors (Lipinski definition) is 1. The zero-order valence-electron chi connectivity index (χ0n) is 9.04. The highest BCUT2D eigenvalue weighted by atomic mass is 35.5. The average Bonchev–Trinajstić information content (AvgIpc) is 2.17. The molecule has 0 atom stereocenters. The summed E-state index contributed by atoms with van der Waals surface area (Å²) >= 11 is 5.82. The maximum absolute atomic E-state index is 10.9. The third-order valence-corrected chi connectivity index (χ3v) is 2.04. The highest BCUT2D eigenvalue weighted by Gasteiger charge is 2.06. The summed E-state index contributed by atoms with van der Waals surface area (Å²) in [6.07, 6.45) is 0. The molecule has 0 spiro atoms. The molecule has 1 amide bonds. The van der Waals surface area contributed by atoms with E-state index in [1.807, 2.05) is 0 Å². The van der Waals surface area contributed by atoms with Crippen LogP contribution in [0.5, 0.6) is 0 Å². The fourth-order valence-corrected chi connectivity index (χ4v) is 1.37. The Morgan fingerprint density at radius 2 is 2.06 bits per heavy atom. The quantitative estimate of drug-likeness (QED) is 0.827. The lowest BCUT2D eigenvalue weighted by molar-refractivity contribution is -0.142. The first kappa shape index (κ1) is 12.5. The van der Waals surface area contributed by atoms with E-state index in [4.69, 9.17) is 16.3 Å². The van der Waals surface area contributed by atoms with Gasteiger partial charge in [0.15, 0.2) is 0 Å². The maximum Gasteiger partial charge on any atom is 0.302 e. The van der Waals surface area contributed by atoms with Crippen LogP contribution >= 0.6 is 11.6 Å². The minimum atomic E-state index is -0.381. The number of halogens is 1. The summed E-state index contributed by atoms with van der Waals surface area (Å²) in [6, 6.07) is 4.97. The largest absolute Gasteiger partial charge is 0.461 e. The van der Waals surface area contributed by atoms with E-state index in [-0.39, 0.29) is 18.5 Å². The van der Waals surface area contributed by atoms with Crippen molar-refractivity contribution in [3.8, 4) is 0 Å². The summed E-state index contributed by atoms with van der Waals surface area (Å²) in [5.41, 5.74) is 1.26. The highest BCUT2D eigenvalue weighted by Crippen LogP contribution is 2.21. The number of amides is 1. The normalized spacial score (nSPS) is 9.69. The van der Waals surface area contributed by atoms with Gasteiger partial charge in [0.2, 0.25) is 5.91 Å². The van der Waals surface area contributed by atoms with Crippen LogP contribution in [-0.2, 0) is 20.9 Å². The number of hydrogen-bond acceptors (Lipinski definition) is 3. The molecule has 1 N–H and O–H groups in total. The Hall–Kier alpha value is -1.55. The smallest absolute Gasteiger partial charge is 0.302 e. The standard InChI is InChI=1S/C11H12ClNO3/c1-7(14)13-11-4-3-10(12)5-9(11)6-16-8(2)15/h3-5H,6H2,1-2H3,(H,13,14). The summed E-state index contributed by atoms with van der Waals surface area (Å²) in [7, 11) is 0. The van der Waals surface area contributed by atoms with Gasteiger partial charge in [-0.3, -0.25) is 9.59 Å². The number of nitrogens with one attached hydrogen (secondary N) is 1. The molecule has 0 aliphatic heterocycles. The Bertz CT molecular complexity index is 418. The van der Waals surface area contributed by atoms with Crippen molar-refractivity contribution in [2.24, 2.45) is 0 Å². The third-order valence-electron chi connectivity index (χ3n) is 1.81. The molecular weight excluding hydrogens is 230 g/mol. The predicted molar refractivity (Wildman–Crippen MR) is 61.2 cm³/mol. The Labute approximate surface area is 98.5 Å². The second kappa shape index (κ2) is 5.51. The van der Waals surface area contributed by atoms with Crippen LogP contribution in [0.3, 0.4) is 0 Å². The Morgan fingerprint density at radius 3 is 2.62 bits per heavy atom. The van der Waals surface area contributed by atoms with Gasteiger partial charge in [0, 0.05) is 30.1 Å². The average molecular weight is 242 g/mol. The van der Waals surface area contributed by atoms with Gasteiger partial charge < -0.3 is 10.1 Å². The number of ether oxygens (including phenoxy) is 1. The predicted octanol–water partition coefficient (Wildman–Crippen LogP) is 2.36. The van der Waals surface area contributed by atoms with Crippen LogP contribution < -0.4 is 5.32 Å². The maximum atomic E-state index is 10.9. The van der Waals surface area contributed by atoms with Crippen molar-refractivity contribution in [3.63, 3.8) is 0 Å². The SMILES string of the molecule is CC(=O)Nc1ccc(Cl)cc1COC(C)=O. The van der Waals surface area contributed by atoms with Gasteiger partial charge >= 0.3 is 5.97 Å². The van der Waals surface area contributed by atoms with E-state index in [0.29, 0.717) is 16.3 Å². The third kappa shape index (κ3) is 3.90. The van der Waals surface area contributed by atoms with E-state index in [0.717, 1.165) is 0 Å². The van der Waals surface area contributed by atoms with Crippen LogP contribution in [0.25, 0.3) is 0 Å². The summed E-state index contributed by atoms with van der Waals surface area (Å²) in [4.78, 5) is 21.6. The fourth-order valence-electron chi connectivity index (χ4n) is 1.17. The monoisotopic (exact) mass is 241 g/mol. The molecule has 0 radical (unpaired) electrons. The van der Waals surface area contributed by atoms with Crippen molar-refractivity contribution in [1.82, 2.24) is 0 Å². The fraction of sp³-hybridized carbons (Fsp3) is 0.273. The number of rotatable bonds is 3. The molecule has 0 saturated heterocycles. The second-order valence-corrected chi connectivity index (χ2v) is 3.70. The molecule has 0 aliphatic carbocycles. The molecule has 0 saturated carbocycles. The topological polar surface area (TPSA) is 55.4 Å². The van der Waals surface area contributed by atoms with Gasteiger partial charge in [-0.2, -0.15) is 0 Å². The Balaban J connectivity index is 2.89. The number of esters is 1. The first-order valence-electron chi connectivity index (χ1n) is 4.68. The zero-order valence-corrected chi connectivity index (χ0v) is 9.80. The van der Waals surface area contributed by atoms with E-state index in [1.54, 1.807) is 18.2 Å². The summed E-state index contributed by atoms with van der Waals surface area (Å²) in [6.45, 7) is 2.82. The molecule has 86 valence electrons. The lowest BCUT2D eigenvalue weighted by atomic mass is 10.2. The second-order valence-electron chi connectivity index (χ2n) is 3.26. The van der Waals surface area contributed by atoms with Crippen LogP contribution in [-0.4, -0.2) is 11.9 Å². The van der Waals surface area contributed by atoms with Crippen LogP contribution in [0, 0.1) is 0 Å². The van der Waals surface area contributed by atoms with Crippen molar-refractivity contribution in [3.05, 3.63) is 28.8 Å². The van der Waals surface area contributed by atoms with Crippen LogP contribution in [0.1, 0.15) is 19.4 Å². The number of anilines is 1. The molecule has 16 heavy (non-hydrogen) atoms. The molecule has 0 aliphatic rings. The van der Waals surface area contributed by atoms with Crippen molar-refractivity contribution in [2.45, 2.75) is 20.5 Å². The van der Waals surface area contributed by atoms with Crippen molar-refractivity contribution in [1.29, 1.82) is 0 Å². The molecule has 1 aromatic carbocycles. The van der Waals surface area contributed by atoms with Crippen LogP contribution in [0.4, 0.5) is 5.69 Å². The van der Waals surface area contributed by atoms with Crippen molar-refractivity contribution in [2.75, 3.05) is 5.32 Å². The van der Waals surface area contributed by atoms with E-state index >= 15 is 0 Å². The summed E-state index contributed by atoms with van der Waals surface area (Å²) < 4.78 is 4.86. The minimum Gasteiger partial charge on any atom is -0.461 e. The molecule has 0 aromatic heterocycles. The van der Waals surface area contributed by atoms with Gasteiger partial charge in [0.05, 0.1) is 0 Å². The van der Waals surface area contributed by atoms with Gasteiger partial charge in [0.1, 0.15) is 6.61 Å². The summed E-state index contributed by atoms with van der Waals surface area (Å²) in [5.74, 6) is -0.569. The van der Waals surface area contributed by atoms with Gasteiger partial charge in [0.25, 0.3) is 0 Å². The van der Waals surface area contributed by atoms with E-state index in [9.17, 15) is 9.59 Å². The Kier molecular flexibility index (Phi) is 4.31. The van der Waals surface area contributed by atoms with Crippen LogP contribution in [0.2, 0.25) is 5.02 Å². The molecule has 0 fully saturated rings. The molecule has 5 heteroatoms. The number of carbonyl (C=O) groups excluding carboxylic acids is 2. The van der Waals surface area contributed by atoms with E-state index < -0.39 is 0 Å². The lowest BCUT2D eigenvalue weighted by Gasteiger charge is -2.10. The van der Waals surface area contributed by atoms with Crippen LogP contribution in [0.15, 0.2) is 18.2 Å². The molecule has 1 rings (SSSR count). The van der Waals surface area contributed by atoms with E-state index in [2.05, 4.69) is 5.32 Å². The molecule has 0 heterocycles. The number of carbonyl (C=O) groups is 2. The lowest BCUT2D eigenvalue weighted by Crippen LogP contribution is -2.09. The molecule has 4 nitrogen and oxygen atoms in total. The van der Waals surface area contributed by atoms with Crippen molar-refractivity contribution >= 4 is 29.2 Å². The molecule has 1 aromatic rings. The molecular formula is C11H12ClNO3. The number of benzene rings is 1. The highest BCUT2D eigenvalue weighted by molar-refractivity contribution is 6.30. The van der Waals surface area contributed by atoms with E-state index in [1.165, 1.54) is 13.8 Å². The first-order valence-corrected chi connectivity index (χ1v) is 5.06. The van der Waals surface area contributed by atoms with Gasteiger partial charge in [-0.1, -0.05) is 11.6 Å². The summed E-state index contributed by atoms with van der Waals surface area (Å²) in [5, 5.41) is 3.16. The Morgan fingerprint density at radius 1 is 1.38 bits per heavy atom. The van der Waals surface area contributed by atoms with Gasteiger partial charge in [-0.25, -0.2) is 0 Å². The minimum absolute atomic E-state index is 0.0888. The van der Waals surface area contributed by atoms with Crippen molar-refractivity contribution < 1.29 is 14.3 Å². The zero-order chi connectivity index (χ0) is 12.1. The van der Waals surface area contributed by atoms with Gasteiger partial charge in [-0.05, 0) is 18.2 Å².